The predicted octanol–water partition coefficient (Wildman–Crippen LogP) is 3.29. The lowest BCUT2D eigenvalue weighted by atomic mass is 9.91. The monoisotopic (exact) mass is 492 g/mol. The summed E-state index contributed by atoms with van der Waals surface area (Å²) in [6.45, 7) is 8.53. The van der Waals surface area contributed by atoms with Crippen LogP contribution in [0.3, 0.4) is 0 Å². The molecule has 2 aliphatic heterocycles. The van der Waals surface area contributed by atoms with Gasteiger partial charge in [0, 0.05) is 62.2 Å². The number of nitrogens with zero attached hydrogens (tertiary/aromatic N) is 4. The van der Waals surface area contributed by atoms with Crippen LogP contribution in [0.2, 0.25) is 0 Å². The lowest BCUT2D eigenvalue weighted by molar-refractivity contribution is -0.131. The van der Waals surface area contributed by atoms with E-state index in [1.54, 1.807) is 25.6 Å². The molecule has 0 unspecified atom stereocenters. The molecule has 9 heteroatoms. The average molecular weight is 493 g/mol. The highest BCUT2D eigenvalue weighted by atomic mass is 16.5. The Labute approximate surface area is 210 Å². The molecule has 0 N–H and O–H groups in total. The Hall–Kier alpha value is -3.62. The summed E-state index contributed by atoms with van der Waals surface area (Å²) in [5.74, 6) is 2.00. The Balaban J connectivity index is 1.34. The summed E-state index contributed by atoms with van der Waals surface area (Å²) in [5, 5.41) is 0.776. The molecule has 1 amide bonds. The van der Waals surface area contributed by atoms with Gasteiger partial charge in [0.1, 0.15) is 22.7 Å². The van der Waals surface area contributed by atoms with Gasteiger partial charge in [0.25, 0.3) is 0 Å². The summed E-state index contributed by atoms with van der Waals surface area (Å²) in [7, 11) is 1.60. The molecule has 0 spiro atoms. The fraction of sp³-hybridized carbons (Fsp3) is 0.481. The number of methoxy groups -OCH3 is 1. The molecule has 3 aromatic rings. The predicted molar refractivity (Wildman–Crippen MR) is 136 cm³/mol. The van der Waals surface area contributed by atoms with Crippen LogP contribution in [0.1, 0.15) is 43.4 Å². The largest absolute Gasteiger partial charge is 0.496 e. The average Bonchev–Trinajstić information content (AvgIpc) is 2.87. The van der Waals surface area contributed by atoms with Gasteiger partial charge in [0.2, 0.25) is 11.9 Å². The second-order valence-corrected chi connectivity index (χ2v) is 10.0. The van der Waals surface area contributed by atoms with Crippen LogP contribution in [-0.4, -0.2) is 59.7 Å². The molecule has 0 aliphatic carbocycles. The number of hydrogen-bond donors (Lipinski definition) is 0. The van der Waals surface area contributed by atoms with Crippen LogP contribution >= 0.6 is 0 Å². The van der Waals surface area contributed by atoms with E-state index in [4.69, 9.17) is 13.9 Å². The Morgan fingerprint density at radius 2 is 1.89 bits per heavy atom. The molecular formula is C27H32N4O5. The summed E-state index contributed by atoms with van der Waals surface area (Å²) < 4.78 is 17.7. The lowest BCUT2D eigenvalue weighted by Gasteiger charge is -2.34. The van der Waals surface area contributed by atoms with Crippen molar-refractivity contribution in [2.24, 2.45) is 0 Å². The number of benzene rings is 1. The van der Waals surface area contributed by atoms with Crippen molar-refractivity contribution < 1.29 is 18.7 Å². The summed E-state index contributed by atoms with van der Waals surface area (Å²) in [6.07, 6.45) is 5.57. The van der Waals surface area contributed by atoms with Crippen molar-refractivity contribution in [2.45, 2.75) is 52.1 Å². The Kier molecular flexibility index (Phi) is 6.32. The van der Waals surface area contributed by atoms with E-state index >= 15 is 0 Å². The standard InChI is InChI=1S/C27H32N4O5/c1-17-18(6-7-22(32)30-12-14-31(15-13-30)26-28-10-5-11-29-26)25(33)35-24-19-8-9-27(2,3)36-20(19)16-21(34-4)23(17)24/h5,10-11,16H,6-9,12-15H2,1-4H3. The van der Waals surface area contributed by atoms with Gasteiger partial charge in [-0.1, -0.05) is 0 Å². The number of rotatable bonds is 5. The van der Waals surface area contributed by atoms with Gasteiger partial charge < -0.3 is 23.7 Å². The second-order valence-electron chi connectivity index (χ2n) is 10.0. The van der Waals surface area contributed by atoms with Gasteiger partial charge in [-0.05, 0) is 51.7 Å². The molecule has 2 aliphatic rings. The van der Waals surface area contributed by atoms with Crippen LogP contribution in [0.15, 0.2) is 33.7 Å². The number of carbonyl (C=O) groups is 1. The van der Waals surface area contributed by atoms with Gasteiger partial charge in [-0.25, -0.2) is 14.8 Å². The number of piperazine rings is 1. The number of aromatic nitrogens is 2. The first kappa shape index (κ1) is 24.1. The van der Waals surface area contributed by atoms with E-state index in [-0.39, 0.29) is 17.9 Å². The zero-order valence-corrected chi connectivity index (χ0v) is 21.3. The first-order valence-electron chi connectivity index (χ1n) is 12.4. The Morgan fingerprint density at radius 1 is 1.17 bits per heavy atom. The van der Waals surface area contributed by atoms with Crippen molar-refractivity contribution >= 4 is 22.8 Å². The van der Waals surface area contributed by atoms with Crippen LogP contribution in [0.5, 0.6) is 11.5 Å². The minimum atomic E-state index is -0.404. The zero-order chi connectivity index (χ0) is 25.4. The smallest absolute Gasteiger partial charge is 0.339 e. The second kappa shape index (κ2) is 9.44. The van der Waals surface area contributed by atoms with Crippen molar-refractivity contribution in [1.29, 1.82) is 0 Å². The molecule has 36 heavy (non-hydrogen) atoms. The van der Waals surface area contributed by atoms with E-state index in [0.29, 0.717) is 61.2 Å². The molecule has 0 radical (unpaired) electrons. The third kappa shape index (κ3) is 4.50. The summed E-state index contributed by atoms with van der Waals surface area (Å²) in [6, 6.07) is 3.67. The molecular weight excluding hydrogens is 460 g/mol. The minimum Gasteiger partial charge on any atom is -0.496 e. The van der Waals surface area contributed by atoms with Gasteiger partial charge in [-0.15, -0.1) is 0 Å². The zero-order valence-electron chi connectivity index (χ0n) is 21.3. The number of aryl methyl sites for hydroxylation is 2. The fourth-order valence-corrected chi connectivity index (χ4v) is 5.13. The highest BCUT2D eigenvalue weighted by Crippen LogP contribution is 2.43. The van der Waals surface area contributed by atoms with E-state index in [0.717, 1.165) is 29.4 Å². The molecule has 2 aromatic heterocycles. The maximum atomic E-state index is 13.1. The van der Waals surface area contributed by atoms with E-state index in [1.807, 2.05) is 31.7 Å². The van der Waals surface area contributed by atoms with Crippen molar-refractivity contribution in [3.05, 3.63) is 51.6 Å². The van der Waals surface area contributed by atoms with Crippen LogP contribution in [0, 0.1) is 6.92 Å². The van der Waals surface area contributed by atoms with Crippen LogP contribution < -0.4 is 20.0 Å². The van der Waals surface area contributed by atoms with Gasteiger partial charge >= 0.3 is 5.63 Å². The quantitative estimate of drug-likeness (QED) is 0.501. The SMILES string of the molecule is COc1cc2c(c3oc(=O)c(CCC(=O)N4CCN(c5ncccn5)CC4)c(C)c13)CCC(C)(C)O2. The third-order valence-electron chi connectivity index (χ3n) is 7.22. The summed E-state index contributed by atoms with van der Waals surface area (Å²) in [4.78, 5) is 38.5. The topological polar surface area (TPSA) is 98.0 Å². The van der Waals surface area contributed by atoms with Crippen LogP contribution in [0.25, 0.3) is 11.0 Å². The molecule has 5 rings (SSSR count). The number of anilines is 1. The van der Waals surface area contributed by atoms with Gasteiger partial charge in [-0.2, -0.15) is 0 Å². The maximum Gasteiger partial charge on any atom is 0.339 e. The maximum absolute atomic E-state index is 13.1. The van der Waals surface area contributed by atoms with Crippen LogP contribution in [0.4, 0.5) is 5.95 Å². The molecule has 0 saturated carbocycles. The number of carbonyl (C=O) groups excluding carboxylic acids is 1. The van der Waals surface area contributed by atoms with Gasteiger partial charge in [0.15, 0.2) is 0 Å². The third-order valence-corrected chi connectivity index (χ3v) is 7.22. The molecule has 1 aromatic carbocycles. The summed E-state index contributed by atoms with van der Waals surface area (Å²) in [5.41, 5.74) is 2.04. The Bertz CT molecular complexity index is 1340. The van der Waals surface area contributed by atoms with E-state index in [1.165, 1.54) is 0 Å². The number of ether oxygens (including phenoxy) is 2. The highest BCUT2D eigenvalue weighted by Gasteiger charge is 2.31. The van der Waals surface area contributed by atoms with Crippen molar-refractivity contribution in [1.82, 2.24) is 14.9 Å². The first-order valence-corrected chi connectivity index (χ1v) is 12.4. The molecule has 1 saturated heterocycles. The molecule has 190 valence electrons. The van der Waals surface area contributed by atoms with Crippen molar-refractivity contribution in [2.75, 3.05) is 38.2 Å². The normalized spacial score (nSPS) is 17.0. The van der Waals surface area contributed by atoms with E-state index < -0.39 is 5.63 Å². The summed E-state index contributed by atoms with van der Waals surface area (Å²) >= 11 is 0. The molecule has 4 heterocycles. The first-order chi connectivity index (χ1) is 17.3. The Morgan fingerprint density at radius 3 is 2.58 bits per heavy atom. The molecule has 9 nitrogen and oxygen atoms in total. The van der Waals surface area contributed by atoms with Crippen molar-refractivity contribution in [3.63, 3.8) is 0 Å². The van der Waals surface area contributed by atoms with E-state index in [9.17, 15) is 9.59 Å². The van der Waals surface area contributed by atoms with Crippen LogP contribution in [-0.2, 0) is 17.6 Å². The van der Waals surface area contributed by atoms with Crippen molar-refractivity contribution in [3.8, 4) is 11.5 Å². The number of amides is 1. The lowest BCUT2D eigenvalue weighted by Crippen LogP contribution is -2.49. The van der Waals surface area contributed by atoms with Gasteiger partial charge in [-0.3, -0.25) is 4.79 Å². The molecule has 0 bridgehead atoms. The minimum absolute atomic E-state index is 0.0237. The molecule has 0 atom stereocenters. The van der Waals surface area contributed by atoms with Gasteiger partial charge in [0.05, 0.1) is 12.5 Å². The highest BCUT2D eigenvalue weighted by molar-refractivity contribution is 5.92. The van der Waals surface area contributed by atoms with E-state index in [2.05, 4.69) is 14.9 Å². The number of hydrogen-bond acceptors (Lipinski definition) is 8. The molecule has 1 fully saturated rings. The number of fused-ring (bicyclic) bond motifs is 3. The fourth-order valence-electron chi connectivity index (χ4n) is 5.13.